The van der Waals surface area contributed by atoms with E-state index in [1.54, 1.807) is 24.3 Å². The van der Waals surface area contributed by atoms with Crippen LogP contribution >= 0.6 is 0 Å². The number of primary amides is 1. The Bertz CT molecular complexity index is 1060. The van der Waals surface area contributed by atoms with Crippen LogP contribution in [0.25, 0.3) is 0 Å². The first-order chi connectivity index (χ1) is 14.9. The number of benzene rings is 3. The van der Waals surface area contributed by atoms with Crippen molar-refractivity contribution < 1.29 is 19.1 Å². The van der Waals surface area contributed by atoms with Gasteiger partial charge in [-0.3, -0.25) is 9.59 Å². The fraction of sp³-hybridized carbons (Fsp3) is 0.160. The molecule has 0 bridgehead atoms. The van der Waals surface area contributed by atoms with Crippen molar-refractivity contribution in [2.75, 3.05) is 5.32 Å². The van der Waals surface area contributed by atoms with Crippen LogP contribution in [-0.2, 0) is 22.4 Å². The van der Waals surface area contributed by atoms with Gasteiger partial charge in [0.2, 0.25) is 5.91 Å². The maximum Gasteiger partial charge on any atom is 0.339 e. The smallest absolute Gasteiger partial charge is 0.339 e. The van der Waals surface area contributed by atoms with Crippen molar-refractivity contribution in [1.82, 2.24) is 0 Å². The molecule has 3 aromatic rings. The van der Waals surface area contributed by atoms with Gasteiger partial charge in [0, 0.05) is 11.3 Å². The largest absolute Gasteiger partial charge is 0.449 e. The minimum absolute atomic E-state index is 0.338. The molecule has 158 valence electrons. The number of carbonyl (C=O) groups is 3. The molecule has 3 N–H and O–H groups in total. The lowest BCUT2D eigenvalue weighted by Gasteiger charge is -2.15. The van der Waals surface area contributed by atoms with Crippen LogP contribution in [0.15, 0.2) is 78.9 Å². The average molecular weight is 416 g/mol. The lowest BCUT2D eigenvalue weighted by Crippen LogP contribution is -2.30. The number of aryl methyl sites for hydroxylation is 2. The average Bonchev–Trinajstić information content (AvgIpc) is 2.78. The number of nitrogens with one attached hydrogen (secondary N) is 1. The molecule has 0 heterocycles. The van der Waals surface area contributed by atoms with E-state index < -0.39 is 23.9 Å². The molecule has 3 aromatic carbocycles. The van der Waals surface area contributed by atoms with Crippen molar-refractivity contribution in [2.24, 2.45) is 5.73 Å². The van der Waals surface area contributed by atoms with E-state index in [1.807, 2.05) is 42.5 Å². The molecule has 1 unspecified atom stereocenters. The topological polar surface area (TPSA) is 98.5 Å². The number of rotatable bonds is 8. The van der Waals surface area contributed by atoms with E-state index in [9.17, 15) is 14.4 Å². The summed E-state index contributed by atoms with van der Waals surface area (Å²) < 4.78 is 5.40. The highest BCUT2D eigenvalue weighted by Crippen LogP contribution is 2.16. The lowest BCUT2D eigenvalue weighted by molar-refractivity contribution is -0.123. The Labute approximate surface area is 181 Å². The number of amides is 2. The van der Waals surface area contributed by atoms with E-state index in [2.05, 4.69) is 5.32 Å². The molecule has 6 heteroatoms. The zero-order chi connectivity index (χ0) is 22.2. The number of nitrogens with two attached hydrogens (primary N) is 1. The molecule has 0 radical (unpaired) electrons. The summed E-state index contributed by atoms with van der Waals surface area (Å²) in [4.78, 5) is 36.3. The molecule has 0 aromatic heterocycles. The minimum Gasteiger partial charge on any atom is -0.449 e. The first-order valence-corrected chi connectivity index (χ1v) is 9.97. The monoisotopic (exact) mass is 416 g/mol. The third-order valence-corrected chi connectivity index (χ3v) is 4.85. The maximum atomic E-state index is 12.7. The van der Waals surface area contributed by atoms with Crippen molar-refractivity contribution in [3.05, 3.63) is 101 Å². The Hall–Kier alpha value is -3.93. The molecule has 0 aliphatic carbocycles. The van der Waals surface area contributed by atoms with Crippen LogP contribution in [0.1, 0.15) is 38.8 Å². The van der Waals surface area contributed by atoms with Crippen LogP contribution in [-0.4, -0.2) is 23.9 Å². The van der Waals surface area contributed by atoms with E-state index in [0.717, 1.165) is 12.0 Å². The first kappa shape index (κ1) is 21.8. The summed E-state index contributed by atoms with van der Waals surface area (Å²) >= 11 is 0. The van der Waals surface area contributed by atoms with Crippen molar-refractivity contribution >= 4 is 23.5 Å². The van der Waals surface area contributed by atoms with Crippen LogP contribution in [0.5, 0.6) is 0 Å². The zero-order valence-corrected chi connectivity index (χ0v) is 17.2. The Morgan fingerprint density at radius 3 is 2.19 bits per heavy atom. The van der Waals surface area contributed by atoms with Gasteiger partial charge in [0.25, 0.3) is 5.91 Å². The molecule has 31 heavy (non-hydrogen) atoms. The summed E-state index contributed by atoms with van der Waals surface area (Å²) in [7, 11) is 0. The quantitative estimate of drug-likeness (QED) is 0.546. The zero-order valence-electron chi connectivity index (χ0n) is 17.2. The Kier molecular flexibility index (Phi) is 7.17. The van der Waals surface area contributed by atoms with Gasteiger partial charge in [0.1, 0.15) is 0 Å². The number of hydrogen-bond acceptors (Lipinski definition) is 4. The Morgan fingerprint density at radius 1 is 0.871 bits per heavy atom. The summed E-state index contributed by atoms with van der Waals surface area (Å²) in [5, 5.41) is 2.66. The first-order valence-electron chi connectivity index (χ1n) is 9.97. The number of carbonyl (C=O) groups excluding carboxylic acids is 3. The highest BCUT2D eigenvalue weighted by Gasteiger charge is 2.21. The van der Waals surface area contributed by atoms with Crippen LogP contribution in [0, 0.1) is 0 Å². The van der Waals surface area contributed by atoms with Gasteiger partial charge in [-0.15, -0.1) is 0 Å². The SMILES string of the molecule is CC(OC(=O)c1ccccc1CCc1ccccc1)C(=O)Nc1ccc(C(N)=O)cc1. The van der Waals surface area contributed by atoms with Crippen molar-refractivity contribution in [1.29, 1.82) is 0 Å². The second-order valence-electron chi connectivity index (χ2n) is 7.12. The summed E-state index contributed by atoms with van der Waals surface area (Å²) in [5.74, 6) is -1.57. The van der Waals surface area contributed by atoms with Gasteiger partial charge in [-0.1, -0.05) is 48.5 Å². The molecule has 0 saturated carbocycles. The normalized spacial score (nSPS) is 11.4. The Balaban J connectivity index is 1.61. The van der Waals surface area contributed by atoms with Gasteiger partial charge in [-0.2, -0.15) is 0 Å². The second-order valence-corrected chi connectivity index (χ2v) is 7.12. The van der Waals surface area contributed by atoms with E-state index in [0.29, 0.717) is 23.2 Å². The molecule has 0 fully saturated rings. The van der Waals surface area contributed by atoms with Crippen LogP contribution in [0.2, 0.25) is 0 Å². The second kappa shape index (κ2) is 10.2. The molecular formula is C25H24N2O4. The van der Waals surface area contributed by atoms with Crippen LogP contribution in [0.4, 0.5) is 5.69 Å². The molecular weight excluding hydrogens is 392 g/mol. The van der Waals surface area contributed by atoms with Crippen LogP contribution in [0.3, 0.4) is 0 Å². The Morgan fingerprint density at radius 2 is 1.52 bits per heavy atom. The molecule has 6 nitrogen and oxygen atoms in total. The molecule has 2 amide bonds. The maximum absolute atomic E-state index is 12.7. The lowest BCUT2D eigenvalue weighted by atomic mass is 10.00. The van der Waals surface area contributed by atoms with E-state index in [4.69, 9.17) is 10.5 Å². The molecule has 0 spiro atoms. The predicted octanol–water partition coefficient (Wildman–Crippen LogP) is 3.75. The third kappa shape index (κ3) is 6.02. The molecule has 0 saturated heterocycles. The minimum atomic E-state index is -0.995. The van der Waals surface area contributed by atoms with Gasteiger partial charge in [0.15, 0.2) is 6.10 Å². The van der Waals surface area contributed by atoms with Crippen molar-refractivity contribution in [3.8, 4) is 0 Å². The van der Waals surface area contributed by atoms with Gasteiger partial charge in [-0.05, 0) is 61.2 Å². The van der Waals surface area contributed by atoms with Gasteiger partial charge in [-0.25, -0.2) is 4.79 Å². The van der Waals surface area contributed by atoms with E-state index in [1.165, 1.54) is 24.6 Å². The number of esters is 1. The summed E-state index contributed by atoms with van der Waals surface area (Å²) in [6.45, 7) is 1.51. The number of anilines is 1. The third-order valence-electron chi connectivity index (χ3n) is 4.85. The van der Waals surface area contributed by atoms with Crippen molar-refractivity contribution in [3.63, 3.8) is 0 Å². The summed E-state index contributed by atoms with van der Waals surface area (Å²) in [6, 6.07) is 23.4. The number of ether oxygens (including phenoxy) is 1. The molecule has 0 aliphatic heterocycles. The molecule has 0 aliphatic rings. The van der Waals surface area contributed by atoms with Gasteiger partial charge in [0.05, 0.1) is 5.56 Å². The molecule has 1 atom stereocenters. The fourth-order valence-electron chi connectivity index (χ4n) is 3.10. The van der Waals surface area contributed by atoms with Gasteiger partial charge >= 0.3 is 5.97 Å². The highest BCUT2D eigenvalue weighted by molar-refractivity contribution is 5.98. The van der Waals surface area contributed by atoms with Crippen molar-refractivity contribution in [2.45, 2.75) is 25.9 Å². The molecule has 3 rings (SSSR count). The van der Waals surface area contributed by atoms with Gasteiger partial charge < -0.3 is 15.8 Å². The highest BCUT2D eigenvalue weighted by atomic mass is 16.5. The number of hydrogen-bond donors (Lipinski definition) is 2. The summed E-state index contributed by atoms with van der Waals surface area (Å²) in [6.07, 6.45) is 0.482. The van der Waals surface area contributed by atoms with Crippen LogP contribution < -0.4 is 11.1 Å². The standard InChI is InChI=1S/C25H24N2O4/c1-17(24(29)27-21-15-13-20(14-16-21)23(26)28)31-25(30)22-10-6-5-9-19(22)12-11-18-7-3-2-4-8-18/h2-10,13-17H,11-12H2,1H3,(H2,26,28)(H,27,29). The summed E-state index contributed by atoms with van der Waals surface area (Å²) in [5.41, 5.74) is 8.51. The fourth-order valence-corrected chi connectivity index (χ4v) is 3.10. The van der Waals surface area contributed by atoms with E-state index in [-0.39, 0.29) is 0 Å². The predicted molar refractivity (Wildman–Crippen MR) is 119 cm³/mol. The van der Waals surface area contributed by atoms with E-state index >= 15 is 0 Å².